The monoisotopic (exact) mass is 328 g/mol. The summed E-state index contributed by atoms with van der Waals surface area (Å²) >= 11 is 0. The Morgan fingerprint density at radius 3 is 2.35 bits per heavy atom. The van der Waals surface area contributed by atoms with Gasteiger partial charge in [0.1, 0.15) is 5.60 Å². The number of hydrogen-bond acceptors (Lipinski definition) is 4. The average molecular weight is 328 g/mol. The molecule has 0 heterocycles. The minimum Gasteiger partial charge on any atom is -0.503 e. The Morgan fingerprint density at radius 2 is 1.78 bits per heavy atom. The molecule has 0 atom stereocenters. The van der Waals surface area contributed by atoms with E-state index in [4.69, 9.17) is 9.84 Å². The van der Waals surface area contributed by atoms with Crippen molar-refractivity contribution in [1.29, 1.82) is 0 Å². The number of aromatic hydroxyl groups is 1. The van der Waals surface area contributed by atoms with Gasteiger partial charge in [0.2, 0.25) is 0 Å². The number of alkyl carbamates (subject to hydrolysis) is 1. The molecule has 0 fully saturated rings. The molecule has 0 aromatic heterocycles. The van der Waals surface area contributed by atoms with Crippen LogP contribution < -0.4 is 10.6 Å². The van der Waals surface area contributed by atoms with Crippen LogP contribution in [-0.4, -0.2) is 29.9 Å². The van der Waals surface area contributed by atoms with Crippen molar-refractivity contribution in [2.24, 2.45) is 0 Å². The Morgan fingerprint density at radius 1 is 1.22 bits per heavy atom. The molecule has 0 radical (unpaired) electrons. The maximum atomic E-state index is 13.1. The molecule has 0 spiro atoms. The van der Waals surface area contributed by atoms with Crippen molar-refractivity contribution in [3.8, 4) is 5.75 Å². The van der Waals surface area contributed by atoms with Crippen LogP contribution in [0.25, 0.3) is 0 Å². The second-order valence-electron chi connectivity index (χ2n) is 5.89. The summed E-state index contributed by atoms with van der Waals surface area (Å²) in [5.74, 6) is -2.94. The number of phenols is 1. The predicted octanol–water partition coefficient (Wildman–Crippen LogP) is 2.84. The van der Waals surface area contributed by atoms with Crippen LogP contribution in [0, 0.1) is 11.6 Å². The molecule has 1 rings (SSSR count). The number of amides is 1. The summed E-state index contributed by atoms with van der Waals surface area (Å²) in [4.78, 5) is 11.3. The molecule has 5 nitrogen and oxygen atoms in total. The van der Waals surface area contributed by atoms with E-state index in [1.165, 1.54) is 0 Å². The number of phenolic OH excluding ortho intramolecular Hbond substituents is 1. The van der Waals surface area contributed by atoms with Gasteiger partial charge in [-0.3, -0.25) is 0 Å². The lowest BCUT2D eigenvalue weighted by Crippen LogP contribution is -2.32. The first-order valence-electron chi connectivity index (χ1n) is 7.18. The van der Waals surface area contributed by atoms with Gasteiger partial charge in [0.25, 0.3) is 0 Å². The van der Waals surface area contributed by atoms with E-state index in [-0.39, 0.29) is 6.54 Å². The lowest BCUT2D eigenvalue weighted by Gasteiger charge is -2.19. The third-order valence-electron chi connectivity index (χ3n) is 2.60. The molecule has 0 aliphatic heterocycles. The van der Waals surface area contributed by atoms with Gasteiger partial charge in [-0.05, 0) is 38.5 Å². The fourth-order valence-electron chi connectivity index (χ4n) is 1.64. The second kappa shape index (κ2) is 8.47. The van der Waals surface area contributed by atoms with Gasteiger partial charge in [0.15, 0.2) is 17.4 Å². The molecule has 0 unspecified atom stereocenters. The molecule has 0 saturated carbocycles. The molecule has 128 valence electrons. The highest BCUT2D eigenvalue weighted by Gasteiger charge is 2.14. The number of hydrogen-bond donors (Lipinski definition) is 3. The summed E-state index contributed by atoms with van der Waals surface area (Å²) in [7, 11) is 0. The van der Waals surface area contributed by atoms with E-state index < -0.39 is 29.1 Å². The smallest absolute Gasteiger partial charge is 0.407 e. The second-order valence-corrected chi connectivity index (χ2v) is 5.89. The number of carbonyl (C=O) groups is 1. The zero-order chi connectivity index (χ0) is 17.5. The molecule has 3 N–H and O–H groups in total. The standard InChI is InChI=1S/C16H22F2N2O3/c1-16(2,3)23-15(22)20-7-5-4-6-19-10-11-8-12(17)14(21)13(18)9-11/h4-5,8-9,19,21H,6-7,10H2,1-3H3,(H,20,22)/b5-4+. The Labute approximate surface area is 134 Å². The highest BCUT2D eigenvalue weighted by Crippen LogP contribution is 2.21. The van der Waals surface area contributed by atoms with Crippen molar-refractivity contribution in [3.63, 3.8) is 0 Å². The quantitative estimate of drug-likeness (QED) is 0.555. The van der Waals surface area contributed by atoms with E-state index in [1.807, 2.05) is 0 Å². The van der Waals surface area contributed by atoms with Gasteiger partial charge in [-0.2, -0.15) is 0 Å². The topological polar surface area (TPSA) is 70.6 Å². The summed E-state index contributed by atoms with van der Waals surface area (Å²) in [6.45, 7) is 6.36. The number of carbonyl (C=O) groups excluding carboxylic acids is 1. The summed E-state index contributed by atoms with van der Waals surface area (Å²) in [5.41, 5.74) is -0.151. The van der Waals surface area contributed by atoms with Gasteiger partial charge in [0.05, 0.1) is 0 Å². The fraction of sp³-hybridized carbons (Fsp3) is 0.438. The first kappa shape index (κ1) is 18.9. The van der Waals surface area contributed by atoms with Gasteiger partial charge < -0.3 is 20.5 Å². The Kier molecular flexibility index (Phi) is 6.96. The van der Waals surface area contributed by atoms with Crippen LogP contribution in [0.5, 0.6) is 5.75 Å². The van der Waals surface area contributed by atoms with Crippen molar-refractivity contribution in [2.45, 2.75) is 32.9 Å². The molecule has 0 aliphatic rings. The molecular weight excluding hydrogens is 306 g/mol. The summed E-state index contributed by atoms with van der Waals surface area (Å²) in [6.07, 6.45) is 3.00. The zero-order valence-corrected chi connectivity index (χ0v) is 13.5. The molecule has 1 amide bonds. The lowest BCUT2D eigenvalue weighted by molar-refractivity contribution is 0.0534. The molecule has 1 aromatic carbocycles. The van der Waals surface area contributed by atoms with Crippen LogP contribution >= 0.6 is 0 Å². The van der Waals surface area contributed by atoms with Gasteiger partial charge in [-0.1, -0.05) is 12.2 Å². The summed E-state index contributed by atoms with van der Waals surface area (Å²) in [6, 6.07) is 2.14. The lowest BCUT2D eigenvalue weighted by atomic mass is 10.2. The average Bonchev–Trinajstić information content (AvgIpc) is 2.41. The third kappa shape index (κ3) is 7.60. The molecule has 1 aromatic rings. The van der Waals surface area contributed by atoms with Gasteiger partial charge in [-0.25, -0.2) is 13.6 Å². The highest BCUT2D eigenvalue weighted by molar-refractivity contribution is 5.67. The molecule has 23 heavy (non-hydrogen) atoms. The van der Waals surface area contributed by atoms with Crippen molar-refractivity contribution in [3.05, 3.63) is 41.5 Å². The number of benzene rings is 1. The van der Waals surface area contributed by atoms with Gasteiger partial charge >= 0.3 is 6.09 Å². The largest absolute Gasteiger partial charge is 0.503 e. The number of ether oxygens (including phenoxy) is 1. The van der Waals surface area contributed by atoms with Crippen molar-refractivity contribution < 1.29 is 23.4 Å². The first-order valence-corrected chi connectivity index (χ1v) is 7.18. The zero-order valence-electron chi connectivity index (χ0n) is 13.5. The summed E-state index contributed by atoms with van der Waals surface area (Å²) in [5, 5.41) is 14.5. The van der Waals surface area contributed by atoms with E-state index >= 15 is 0 Å². The minimum absolute atomic E-state index is 0.248. The van der Waals surface area contributed by atoms with Gasteiger partial charge in [0, 0.05) is 19.6 Å². The number of rotatable bonds is 6. The molecule has 0 bridgehead atoms. The van der Waals surface area contributed by atoms with E-state index in [0.717, 1.165) is 12.1 Å². The highest BCUT2D eigenvalue weighted by atomic mass is 19.1. The number of nitrogens with one attached hydrogen (secondary N) is 2. The minimum atomic E-state index is -0.987. The van der Waals surface area contributed by atoms with E-state index in [1.54, 1.807) is 32.9 Å². The van der Waals surface area contributed by atoms with Crippen LogP contribution in [0.1, 0.15) is 26.3 Å². The van der Waals surface area contributed by atoms with E-state index in [2.05, 4.69) is 10.6 Å². The Hall–Kier alpha value is -2.15. The SMILES string of the molecule is CC(C)(C)OC(=O)NC/C=C/CNCc1cc(F)c(O)c(F)c1. The van der Waals surface area contributed by atoms with Crippen LogP contribution in [0.3, 0.4) is 0 Å². The van der Waals surface area contributed by atoms with Gasteiger partial charge in [-0.15, -0.1) is 0 Å². The van der Waals surface area contributed by atoms with Crippen LogP contribution in [0.15, 0.2) is 24.3 Å². The Balaban J connectivity index is 2.24. The van der Waals surface area contributed by atoms with E-state index in [0.29, 0.717) is 18.7 Å². The van der Waals surface area contributed by atoms with Crippen molar-refractivity contribution in [2.75, 3.05) is 13.1 Å². The predicted molar refractivity (Wildman–Crippen MR) is 83.1 cm³/mol. The van der Waals surface area contributed by atoms with Crippen molar-refractivity contribution in [1.82, 2.24) is 10.6 Å². The molecule has 7 heteroatoms. The van der Waals surface area contributed by atoms with Crippen LogP contribution in [-0.2, 0) is 11.3 Å². The number of halogens is 2. The Bertz CT molecular complexity index is 546. The molecule has 0 aliphatic carbocycles. The summed E-state index contributed by atoms with van der Waals surface area (Å²) < 4.78 is 31.3. The maximum Gasteiger partial charge on any atom is 0.407 e. The fourth-order valence-corrected chi connectivity index (χ4v) is 1.64. The normalized spacial score (nSPS) is 11.7. The van der Waals surface area contributed by atoms with Crippen LogP contribution in [0.2, 0.25) is 0 Å². The van der Waals surface area contributed by atoms with E-state index in [9.17, 15) is 13.6 Å². The molecular formula is C16H22F2N2O3. The maximum absolute atomic E-state index is 13.1. The first-order chi connectivity index (χ1) is 10.7. The van der Waals surface area contributed by atoms with Crippen LogP contribution in [0.4, 0.5) is 13.6 Å². The van der Waals surface area contributed by atoms with Crippen molar-refractivity contribution >= 4 is 6.09 Å². The third-order valence-corrected chi connectivity index (χ3v) is 2.60. The molecule has 0 saturated heterocycles.